The van der Waals surface area contributed by atoms with Crippen molar-refractivity contribution < 1.29 is 13.2 Å². The Morgan fingerprint density at radius 2 is 1.87 bits per heavy atom. The normalized spacial score (nSPS) is 15.9. The molecule has 1 aliphatic rings. The third-order valence-electron chi connectivity index (χ3n) is 5.29. The minimum absolute atomic E-state index is 0.0353. The van der Waals surface area contributed by atoms with Crippen LogP contribution >= 0.6 is 11.3 Å². The Hall–Kier alpha value is -2.59. The van der Waals surface area contributed by atoms with E-state index in [1.165, 1.54) is 12.4 Å². The molecular weight excluding hydrogens is 425 g/mol. The van der Waals surface area contributed by atoms with Gasteiger partial charge in [0.05, 0.1) is 10.7 Å². The summed E-state index contributed by atoms with van der Waals surface area (Å²) in [4.78, 5) is 18.8. The van der Waals surface area contributed by atoms with Crippen LogP contribution in [0.15, 0.2) is 36.0 Å². The molecule has 0 unspecified atom stereocenters. The number of rotatable bonds is 6. The number of hydrogen-bond donors (Lipinski definition) is 1. The van der Waals surface area contributed by atoms with Crippen molar-refractivity contribution in [3.8, 4) is 11.4 Å². The number of piperidine rings is 1. The molecule has 31 heavy (non-hydrogen) atoms. The Bertz CT molecular complexity index is 1000. The summed E-state index contributed by atoms with van der Waals surface area (Å²) in [5.41, 5.74) is 0.642. The first-order valence-electron chi connectivity index (χ1n) is 10.1. The molecule has 0 radical (unpaired) electrons. The molecule has 0 aromatic carbocycles. The van der Waals surface area contributed by atoms with E-state index >= 15 is 0 Å². The smallest absolute Gasteiger partial charge is 0.370 e. The minimum Gasteiger partial charge on any atom is -0.370 e. The van der Waals surface area contributed by atoms with Crippen LogP contribution in [0.1, 0.15) is 29.2 Å². The van der Waals surface area contributed by atoms with Gasteiger partial charge in [-0.05, 0) is 50.9 Å². The van der Waals surface area contributed by atoms with E-state index in [2.05, 4.69) is 35.5 Å². The number of thiazole rings is 1. The zero-order chi connectivity index (χ0) is 21.8. The lowest BCUT2D eigenvalue weighted by Crippen LogP contribution is -2.35. The number of likely N-dealkylation sites (tertiary alicyclic amines) is 1. The molecule has 0 bridgehead atoms. The van der Waals surface area contributed by atoms with Crippen molar-refractivity contribution in [2.45, 2.75) is 32.5 Å². The van der Waals surface area contributed by atoms with E-state index in [9.17, 15) is 13.2 Å². The highest BCUT2D eigenvalue weighted by Gasteiger charge is 2.34. The fourth-order valence-electron chi connectivity index (χ4n) is 3.62. The number of halogens is 3. The highest BCUT2D eigenvalue weighted by molar-refractivity contribution is 7.09. The molecule has 0 amide bonds. The SMILES string of the molecule is Cc1nc(CN2CCC(CNc3cc(C(F)(F)F)nc(-c4ccncc4)n3)CC2)cs1. The van der Waals surface area contributed by atoms with Gasteiger partial charge < -0.3 is 5.32 Å². The van der Waals surface area contributed by atoms with Crippen molar-refractivity contribution in [2.24, 2.45) is 5.92 Å². The van der Waals surface area contributed by atoms with Crippen molar-refractivity contribution in [2.75, 3.05) is 25.0 Å². The predicted octanol–water partition coefficient (Wildman–Crippen LogP) is 4.65. The van der Waals surface area contributed by atoms with E-state index in [-0.39, 0.29) is 11.6 Å². The van der Waals surface area contributed by atoms with Crippen LogP contribution < -0.4 is 5.32 Å². The maximum atomic E-state index is 13.3. The fourth-order valence-corrected chi connectivity index (χ4v) is 4.22. The van der Waals surface area contributed by atoms with Crippen molar-refractivity contribution >= 4 is 17.2 Å². The Balaban J connectivity index is 1.38. The van der Waals surface area contributed by atoms with Gasteiger partial charge in [-0.2, -0.15) is 13.2 Å². The average molecular weight is 449 g/mol. The van der Waals surface area contributed by atoms with E-state index in [0.717, 1.165) is 49.2 Å². The number of nitrogens with one attached hydrogen (secondary N) is 1. The van der Waals surface area contributed by atoms with Gasteiger partial charge in [-0.25, -0.2) is 15.0 Å². The summed E-state index contributed by atoms with van der Waals surface area (Å²) in [7, 11) is 0. The molecule has 3 aromatic rings. The quantitative estimate of drug-likeness (QED) is 0.592. The van der Waals surface area contributed by atoms with Crippen LogP contribution in [0.5, 0.6) is 0 Å². The van der Waals surface area contributed by atoms with Crippen LogP contribution in [-0.4, -0.2) is 44.5 Å². The molecular formula is C21H23F3N6S. The van der Waals surface area contributed by atoms with E-state index in [4.69, 9.17) is 0 Å². The molecule has 6 nitrogen and oxygen atoms in total. The third kappa shape index (κ3) is 5.76. The van der Waals surface area contributed by atoms with E-state index in [0.29, 0.717) is 18.0 Å². The first kappa shape index (κ1) is 21.6. The molecule has 1 N–H and O–H groups in total. The van der Waals surface area contributed by atoms with Gasteiger partial charge >= 0.3 is 6.18 Å². The van der Waals surface area contributed by atoms with Gasteiger partial charge in [-0.3, -0.25) is 9.88 Å². The Kier molecular flexibility index (Phi) is 6.47. The van der Waals surface area contributed by atoms with Crippen LogP contribution in [0.3, 0.4) is 0 Å². The van der Waals surface area contributed by atoms with E-state index in [1.807, 2.05) is 6.92 Å². The first-order valence-corrected chi connectivity index (χ1v) is 11.0. The molecule has 4 heterocycles. The summed E-state index contributed by atoms with van der Waals surface area (Å²) in [5, 5.41) is 6.28. The molecule has 10 heteroatoms. The van der Waals surface area contributed by atoms with Crippen molar-refractivity contribution in [1.82, 2.24) is 24.8 Å². The molecule has 1 fully saturated rings. The molecule has 0 saturated carbocycles. The van der Waals surface area contributed by atoms with Crippen LogP contribution in [-0.2, 0) is 12.7 Å². The molecule has 164 valence electrons. The summed E-state index contributed by atoms with van der Waals surface area (Å²) in [6.07, 6.45) is 0.426. The second kappa shape index (κ2) is 9.27. The zero-order valence-electron chi connectivity index (χ0n) is 17.1. The van der Waals surface area contributed by atoms with Crippen molar-refractivity contribution in [3.63, 3.8) is 0 Å². The number of pyridine rings is 1. The molecule has 3 aromatic heterocycles. The van der Waals surface area contributed by atoms with Crippen molar-refractivity contribution in [3.05, 3.63) is 52.4 Å². The Morgan fingerprint density at radius 3 is 2.52 bits per heavy atom. The van der Waals surface area contributed by atoms with Gasteiger partial charge in [0.2, 0.25) is 0 Å². The van der Waals surface area contributed by atoms with Gasteiger partial charge in [-0.15, -0.1) is 11.3 Å². The van der Waals surface area contributed by atoms with Crippen LogP contribution in [0, 0.1) is 12.8 Å². The summed E-state index contributed by atoms with van der Waals surface area (Å²) in [6.45, 7) is 5.32. The van der Waals surface area contributed by atoms with Crippen LogP contribution in [0.25, 0.3) is 11.4 Å². The number of hydrogen-bond acceptors (Lipinski definition) is 7. The molecule has 0 atom stereocenters. The number of aromatic nitrogens is 4. The van der Waals surface area contributed by atoms with Gasteiger partial charge in [0.25, 0.3) is 0 Å². The monoisotopic (exact) mass is 448 g/mol. The first-order chi connectivity index (χ1) is 14.9. The third-order valence-corrected chi connectivity index (χ3v) is 6.11. The maximum absolute atomic E-state index is 13.3. The van der Waals surface area contributed by atoms with Gasteiger partial charge in [-0.1, -0.05) is 0 Å². The van der Waals surface area contributed by atoms with Crippen LogP contribution in [0.2, 0.25) is 0 Å². The van der Waals surface area contributed by atoms with E-state index < -0.39 is 11.9 Å². The second-order valence-electron chi connectivity index (χ2n) is 7.65. The Labute approximate surface area is 182 Å². The molecule has 4 rings (SSSR count). The second-order valence-corrected chi connectivity index (χ2v) is 8.72. The summed E-state index contributed by atoms with van der Waals surface area (Å²) >= 11 is 1.66. The lowest BCUT2D eigenvalue weighted by atomic mass is 9.96. The zero-order valence-corrected chi connectivity index (χ0v) is 17.9. The number of alkyl halides is 3. The summed E-state index contributed by atoms with van der Waals surface area (Å²) in [6, 6.07) is 4.17. The predicted molar refractivity (Wildman–Crippen MR) is 114 cm³/mol. The molecule has 1 saturated heterocycles. The topological polar surface area (TPSA) is 66.8 Å². The number of aryl methyl sites for hydroxylation is 1. The maximum Gasteiger partial charge on any atom is 0.433 e. The standard InChI is InChI=1S/C21H23F3N6S/c1-14-27-17(13-31-14)12-30-8-4-15(5-9-30)11-26-19-10-18(21(22,23)24)28-20(29-19)16-2-6-25-7-3-16/h2-3,6-7,10,13,15H,4-5,8-9,11-12H2,1H3,(H,26,28,29). The lowest BCUT2D eigenvalue weighted by molar-refractivity contribution is -0.141. The average Bonchev–Trinajstić information content (AvgIpc) is 3.17. The largest absolute Gasteiger partial charge is 0.433 e. The lowest BCUT2D eigenvalue weighted by Gasteiger charge is -2.31. The molecule has 1 aliphatic heterocycles. The highest BCUT2D eigenvalue weighted by Crippen LogP contribution is 2.31. The van der Waals surface area contributed by atoms with Gasteiger partial charge in [0, 0.05) is 42.5 Å². The van der Waals surface area contributed by atoms with E-state index in [1.54, 1.807) is 23.5 Å². The van der Waals surface area contributed by atoms with Crippen molar-refractivity contribution in [1.29, 1.82) is 0 Å². The fraction of sp³-hybridized carbons (Fsp3) is 0.429. The number of nitrogens with zero attached hydrogens (tertiary/aromatic N) is 5. The van der Waals surface area contributed by atoms with Gasteiger partial charge in [0.15, 0.2) is 11.5 Å². The molecule has 0 aliphatic carbocycles. The summed E-state index contributed by atoms with van der Waals surface area (Å²) < 4.78 is 40.0. The Morgan fingerprint density at radius 1 is 1.13 bits per heavy atom. The number of anilines is 1. The van der Waals surface area contributed by atoms with Crippen LogP contribution in [0.4, 0.5) is 19.0 Å². The highest BCUT2D eigenvalue weighted by atomic mass is 32.1. The molecule has 0 spiro atoms. The van der Waals surface area contributed by atoms with Gasteiger partial charge in [0.1, 0.15) is 5.82 Å². The minimum atomic E-state index is -4.54. The summed E-state index contributed by atoms with van der Waals surface area (Å²) in [5.74, 6) is 0.602.